The van der Waals surface area contributed by atoms with E-state index in [0.717, 1.165) is 0 Å². The minimum absolute atomic E-state index is 0.169. The molecule has 50 valence electrons. The Bertz CT molecular complexity index is 140. The maximum absolute atomic E-state index is 12.0. The monoisotopic (exact) mass is 131 g/mol. The van der Waals surface area contributed by atoms with E-state index >= 15 is 0 Å². The van der Waals surface area contributed by atoms with Gasteiger partial charge in [-0.05, 0) is 0 Å². The standard InChI is InChI=1S/C6H7F2N/c1-2-3-9-4-6(7,8)5-9/h1H,3-5H2. The van der Waals surface area contributed by atoms with Crippen molar-refractivity contribution in [1.82, 2.24) is 4.90 Å². The molecule has 1 saturated heterocycles. The van der Waals surface area contributed by atoms with Gasteiger partial charge in [0.15, 0.2) is 0 Å². The van der Waals surface area contributed by atoms with E-state index in [1.54, 1.807) is 0 Å². The van der Waals surface area contributed by atoms with Gasteiger partial charge >= 0.3 is 0 Å². The summed E-state index contributed by atoms with van der Waals surface area (Å²) in [7, 11) is 0. The lowest BCUT2D eigenvalue weighted by Gasteiger charge is -2.37. The zero-order valence-electron chi connectivity index (χ0n) is 4.90. The molecule has 0 radical (unpaired) electrons. The number of rotatable bonds is 1. The van der Waals surface area contributed by atoms with E-state index in [2.05, 4.69) is 5.92 Å². The normalized spacial score (nSPS) is 24.6. The molecule has 1 nitrogen and oxygen atoms in total. The summed E-state index contributed by atoms with van der Waals surface area (Å²) in [6.07, 6.45) is 4.89. The molecule has 0 N–H and O–H groups in total. The van der Waals surface area contributed by atoms with Crippen molar-refractivity contribution >= 4 is 0 Å². The van der Waals surface area contributed by atoms with Crippen molar-refractivity contribution in [3.8, 4) is 12.3 Å². The zero-order chi connectivity index (χ0) is 6.91. The Hall–Kier alpha value is -0.620. The highest BCUT2D eigenvalue weighted by atomic mass is 19.3. The molecule has 1 aliphatic rings. The van der Waals surface area contributed by atoms with Crippen LogP contribution in [0.15, 0.2) is 0 Å². The number of likely N-dealkylation sites (tertiary alicyclic amines) is 1. The Kier molecular flexibility index (Phi) is 1.42. The van der Waals surface area contributed by atoms with Gasteiger partial charge in [0.1, 0.15) is 0 Å². The first-order valence-corrected chi connectivity index (χ1v) is 2.68. The van der Waals surface area contributed by atoms with Crippen LogP contribution in [0, 0.1) is 12.3 Å². The van der Waals surface area contributed by atoms with Gasteiger partial charge in [0.2, 0.25) is 0 Å². The number of halogens is 2. The topological polar surface area (TPSA) is 3.24 Å². The minimum atomic E-state index is -2.48. The first kappa shape index (κ1) is 6.50. The Morgan fingerprint density at radius 1 is 1.56 bits per heavy atom. The fourth-order valence-electron chi connectivity index (χ4n) is 0.849. The van der Waals surface area contributed by atoms with Crippen LogP contribution >= 0.6 is 0 Å². The molecule has 9 heavy (non-hydrogen) atoms. The van der Waals surface area contributed by atoms with Gasteiger partial charge in [0, 0.05) is 0 Å². The van der Waals surface area contributed by atoms with Crippen molar-refractivity contribution in [2.75, 3.05) is 19.6 Å². The van der Waals surface area contributed by atoms with Crippen LogP contribution in [-0.2, 0) is 0 Å². The Morgan fingerprint density at radius 3 is 2.44 bits per heavy atom. The van der Waals surface area contributed by atoms with E-state index < -0.39 is 5.92 Å². The molecule has 0 aromatic carbocycles. The summed E-state index contributed by atoms with van der Waals surface area (Å²) in [5.41, 5.74) is 0. The summed E-state index contributed by atoms with van der Waals surface area (Å²) >= 11 is 0. The second kappa shape index (κ2) is 1.96. The van der Waals surface area contributed by atoms with Crippen LogP contribution in [0.5, 0.6) is 0 Å². The van der Waals surface area contributed by atoms with Gasteiger partial charge < -0.3 is 0 Å². The predicted molar refractivity (Wildman–Crippen MR) is 30.2 cm³/mol. The summed E-state index contributed by atoms with van der Waals surface area (Å²) in [5, 5.41) is 0. The number of hydrogen-bond donors (Lipinski definition) is 0. The van der Waals surface area contributed by atoms with Gasteiger partial charge in [-0.15, -0.1) is 6.42 Å². The lowest BCUT2D eigenvalue weighted by atomic mass is 10.1. The van der Waals surface area contributed by atoms with Gasteiger partial charge in [-0.25, -0.2) is 8.78 Å². The number of nitrogens with zero attached hydrogens (tertiary/aromatic N) is 1. The molecule has 1 aliphatic heterocycles. The quantitative estimate of drug-likeness (QED) is 0.470. The minimum Gasteiger partial charge on any atom is -0.280 e. The summed E-state index contributed by atoms with van der Waals surface area (Å²) in [4.78, 5) is 1.53. The maximum atomic E-state index is 12.0. The van der Waals surface area contributed by atoms with Gasteiger partial charge in [-0.3, -0.25) is 4.90 Å². The molecule has 0 spiro atoms. The summed E-state index contributed by atoms with van der Waals surface area (Å²) in [6.45, 7) is 0.00396. The molecule has 0 aromatic heterocycles. The first-order valence-electron chi connectivity index (χ1n) is 2.68. The predicted octanol–water partition coefficient (Wildman–Crippen LogP) is 0.571. The molecule has 3 heteroatoms. The van der Waals surface area contributed by atoms with Crippen LogP contribution in [0.2, 0.25) is 0 Å². The van der Waals surface area contributed by atoms with Crippen molar-refractivity contribution < 1.29 is 8.78 Å². The lowest BCUT2D eigenvalue weighted by Crippen LogP contribution is -2.55. The van der Waals surface area contributed by atoms with Crippen LogP contribution in [0.25, 0.3) is 0 Å². The molecule has 0 aromatic rings. The molecule has 1 rings (SSSR count). The van der Waals surface area contributed by atoms with Crippen LogP contribution in [0.3, 0.4) is 0 Å². The SMILES string of the molecule is C#CCN1CC(F)(F)C1. The van der Waals surface area contributed by atoms with Crippen LogP contribution in [0.1, 0.15) is 0 Å². The largest absolute Gasteiger partial charge is 0.280 e. The second-order valence-corrected chi connectivity index (χ2v) is 2.21. The highest BCUT2D eigenvalue weighted by Gasteiger charge is 2.42. The molecule has 1 heterocycles. The fraction of sp³-hybridized carbons (Fsp3) is 0.667. The summed E-state index contributed by atoms with van der Waals surface area (Å²) < 4.78 is 24.0. The Labute approximate surface area is 52.6 Å². The summed E-state index contributed by atoms with van der Waals surface area (Å²) in [5.74, 6) is -0.175. The Morgan fingerprint density at radius 2 is 2.11 bits per heavy atom. The van der Waals surface area contributed by atoms with Crippen molar-refractivity contribution in [1.29, 1.82) is 0 Å². The van der Waals surface area contributed by atoms with Gasteiger partial charge in [-0.2, -0.15) is 0 Å². The smallest absolute Gasteiger partial charge is 0.273 e. The van der Waals surface area contributed by atoms with E-state index in [4.69, 9.17) is 6.42 Å². The molecule has 0 atom stereocenters. The number of alkyl halides is 2. The van der Waals surface area contributed by atoms with Crippen LogP contribution in [-0.4, -0.2) is 30.5 Å². The van der Waals surface area contributed by atoms with E-state index in [1.807, 2.05) is 0 Å². The molecule has 1 fully saturated rings. The van der Waals surface area contributed by atoms with Crippen LogP contribution in [0.4, 0.5) is 8.78 Å². The third kappa shape index (κ3) is 1.39. The maximum Gasteiger partial charge on any atom is 0.273 e. The molecule has 0 saturated carbocycles. The van der Waals surface area contributed by atoms with E-state index in [0.29, 0.717) is 6.54 Å². The number of hydrogen-bond acceptors (Lipinski definition) is 1. The van der Waals surface area contributed by atoms with Gasteiger partial charge in [0.05, 0.1) is 19.6 Å². The van der Waals surface area contributed by atoms with Gasteiger partial charge in [-0.1, -0.05) is 5.92 Å². The molecular formula is C6H7F2N. The Balaban J connectivity index is 2.21. The zero-order valence-corrected chi connectivity index (χ0v) is 4.90. The van der Waals surface area contributed by atoms with E-state index in [-0.39, 0.29) is 13.1 Å². The first-order chi connectivity index (χ1) is 4.14. The van der Waals surface area contributed by atoms with Crippen molar-refractivity contribution in [3.05, 3.63) is 0 Å². The highest BCUT2D eigenvalue weighted by molar-refractivity contribution is 4.96. The van der Waals surface area contributed by atoms with Crippen molar-refractivity contribution in [3.63, 3.8) is 0 Å². The second-order valence-electron chi connectivity index (χ2n) is 2.21. The van der Waals surface area contributed by atoms with E-state index in [1.165, 1.54) is 4.90 Å². The average Bonchev–Trinajstić information content (AvgIpc) is 1.62. The highest BCUT2D eigenvalue weighted by Crippen LogP contribution is 2.25. The molecule has 0 bridgehead atoms. The number of terminal acetylenes is 1. The molecule has 0 aliphatic carbocycles. The van der Waals surface area contributed by atoms with Gasteiger partial charge in [0.25, 0.3) is 5.92 Å². The average molecular weight is 131 g/mol. The molecule has 0 amide bonds. The molecular weight excluding hydrogens is 124 g/mol. The van der Waals surface area contributed by atoms with Crippen LogP contribution < -0.4 is 0 Å². The van der Waals surface area contributed by atoms with Crippen molar-refractivity contribution in [2.45, 2.75) is 5.92 Å². The third-order valence-electron chi connectivity index (χ3n) is 1.22. The lowest BCUT2D eigenvalue weighted by molar-refractivity contribution is -0.125. The van der Waals surface area contributed by atoms with E-state index in [9.17, 15) is 8.78 Å². The fourth-order valence-corrected chi connectivity index (χ4v) is 0.849. The summed E-state index contributed by atoms with van der Waals surface area (Å²) in [6, 6.07) is 0. The molecule has 0 unspecified atom stereocenters. The van der Waals surface area contributed by atoms with Crippen molar-refractivity contribution in [2.24, 2.45) is 0 Å². The third-order valence-corrected chi connectivity index (χ3v) is 1.22.